The first-order chi connectivity index (χ1) is 22.0. The van der Waals surface area contributed by atoms with E-state index < -0.39 is 47.9 Å². The Morgan fingerprint density at radius 3 is 2.17 bits per heavy atom. The van der Waals surface area contributed by atoms with Gasteiger partial charge in [-0.15, -0.1) is 25.2 Å². The molecule has 0 aromatic heterocycles. The van der Waals surface area contributed by atoms with E-state index in [2.05, 4.69) is 28.4 Å². The van der Waals surface area contributed by atoms with Crippen molar-refractivity contribution in [3.63, 3.8) is 0 Å². The number of aliphatic hydroxyl groups excluding tert-OH is 2. The molecule has 0 spiro atoms. The van der Waals surface area contributed by atoms with Crippen LogP contribution in [0, 0.1) is 54.8 Å². The number of carbonyl (C=O) groups is 3. The van der Waals surface area contributed by atoms with Crippen LogP contribution in [0.25, 0.3) is 0 Å². The molecular weight excluding hydrogens is 580 g/mol. The highest BCUT2D eigenvalue weighted by Crippen LogP contribution is 2.29. The first-order valence-electron chi connectivity index (χ1n) is 16.3. The van der Waals surface area contributed by atoms with Crippen LogP contribution in [-0.4, -0.2) is 96.3 Å². The molecule has 3 amide bonds. The second-order valence-electron chi connectivity index (χ2n) is 12.7. The molecule has 4 N–H and O–H groups in total. The Morgan fingerprint density at radius 1 is 0.935 bits per heavy atom. The fourth-order valence-electron chi connectivity index (χ4n) is 5.82. The second-order valence-corrected chi connectivity index (χ2v) is 12.7. The van der Waals surface area contributed by atoms with E-state index in [1.165, 1.54) is 0 Å². The van der Waals surface area contributed by atoms with Crippen LogP contribution in [0.2, 0.25) is 0 Å². The van der Waals surface area contributed by atoms with E-state index >= 15 is 0 Å². The van der Waals surface area contributed by atoms with Gasteiger partial charge in [0.05, 0.1) is 18.1 Å². The zero-order valence-electron chi connectivity index (χ0n) is 27.7. The number of hydrogen-bond donors (Lipinski definition) is 4. The lowest BCUT2D eigenvalue weighted by Gasteiger charge is -2.33. The van der Waals surface area contributed by atoms with Crippen LogP contribution in [0.3, 0.4) is 0 Å². The maximum Gasteiger partial charge on any atom is 0.245 e. The molecule has 0 saturated heterocycles. The molecule has 1 saturated carbocycles. The summed E-state index contributed by atoms with van der Waals surface area (Å²) in [5, 5.41) is 27.4. The summed E-state index contributed by atoms with van der Waals surface area (Å²) in [7, 11) is 5.53. The van der Waals surface area contributed by atoms with Crippen molar-refractivity contribution in [2.45, 2.75) is 88.5 Å². The highest BCUT2D eigenvalue weighted by atomic mass is 16.3. The molecule has 9 heteroatoms. The lowest BCUT2D eigenvalue weighted by Crippen LogP contribution is -2.57. The average molecular weight is 633 g/mol. The van der Waals surface area contributed by atoms with Crippen molar-refractivity contribution in [3.05, 3.63) is 35.9 Å². The number of likely N-dealkylation sites (N-methyl/N-ethyl adjacent to an activating group) is 2. The molecule has 0 aliphatic heterocycles. The first-order valence-corrected chi connectivity index (χ1v) is 16.3. The van der Waals surface area contributed by atoms with Crippen LogP contribution in [0.15, 0.2) is 30.3 Å². The number of carbonyl (C=O) groups excluding carboxylic acids is 3. The summed E-state index contributed by atoms with van der Waals surface area (Å²) in [6.45, 7) is 1.15. The van der Waals surface area contributed by atoms with E-state index in [0.29, 0.717) is 19.5 Å². The Bertz CT molecular complexity index is 1210. The maximum atomic E-state index is 13.9. The summed E-state index contributed by atoms with van der Waals surface area (Å²) in [6.07, 6.45) is 20.6. The number of hydrogen-bond acceptors (Lipinski definition) is 6. The molecule has 0 radical (unpaired) electrons. The third kappa shape index (κ3) is 12.9. The molecule has 46 heavy (non-hydrogen) atoms. The quantitative estimate of drug-likeness (QED) is 0.184. The second kappa shape index (κ2) is 20.3. The minimum Gasteiger partial charge on any atom is -0.390 e. The molecule has 2 rings (SSSR count). The molecular formula is C37H52N4O5. The van der Waals surface area contributed by atoms with E-state index in [-0.39, 0.29) is 37.5 Å². The van der Waals surface area contributed by atoms with Gasteiger partial charge in [0.15, 0.2) is 0 Å². The molecule has 250 valence electrons. The van der Waals surface area contributed by atoms with E-state index in [1.807, 2.05) is 49.3 Å². The molecule has 5 unspecified atom stereocenters. The number of benzene rings is 1. The van der Waals surface area contributed by atoms with Gasteiger partial charge in [-0.1, -0.05) is 74.3 Å². The highest BCUT2D eigenvalue weighted by molar-refractivity contribution is 5.91. The Morgan fingerprint density at radius 2 is 1.59 bits per heavy atom. The van der Waals surface area contributed by atoms with Crippen LogP contribution >= 0.6 is 0 Å². The summed E-state index contributed by atoms with van der Waals surface area (Å²) < 4.78 is 0. The standard InChI is InChI=1S/C37H52N4O5/c1-7-10-21-32(42)35(44)31(25-28-19-15-12-16-20-28)38-37(46)34(29(8-2)9-3)39-36(45)30(24-27-17-13-11-14-18-27)26-33(43)41(6)23-22-40(4)5/h1-3,11,13-14,17-18,28-32,34-35,42,44H,10,12,15-16,19-26H2,4-6H3,(H,38,46)(H,39,45). The normalized spacial score (nSPS) is 16.6. The molecule has 0 heterocycles. The fourth-order valence-corrected chi connectivity index (χ4v) is 5.82. The predicted octanol–water partition coefficient (Wildman–Crippen LogP) is 2.21. The average Bonchev–Trinajstić information content (AvgIpc) is 3.05. The van der Waals surface area contributed by atoms with Crippen molar-refractivity contribution in [2.75, 3.05) is 34.2 Å². The smallest absolute Gasteiger partial charge is 0.245 e. The molecule has 1 aliphatic carbocycles. The number of rotatable bonds is 18. The summed E-state index contributed by atoms with van der Waals surface area (Å²) in [6, 6.07) is 7.18. The van der Waals surface area contributed by atoms with Gasteiger partial charge in [0.1, 0.15) is 18.1 Å². The van der Waals surface area contributed by atoms with Gasteiger partial charge in [0.2, 0.25) is 17.7 Å². The number of nitrogens with zero attached hydrogens (tertiary/aromatic N) is 2. The topological polar surface area (TPSA) is 122 Å². The van der Waals surface area contributed by atoms with Crippen LogP contribution in [-0.2, 0) is 20.8 Å². The van der Waals surface area contributed by atoms with E-state index in [4.69, 9.17) is 19.3 Å². The molecule has 5 atom stereocenters. The van der Waals surface area contributed by atoms with Crippen molar-refractivity contribution in [2.24, 2.45) is 17.8 Å². The number of terminal acetylenes is 3. The van der Waals surface area contributed by atoms with Crippen LogP contribution in [0.4, 0.5) is 0 Å². The van der Waals surface area contributed by atoms with Crippen molar-refractivity contribution in [1.29, 1.82) is 0 Å². The van der Waals surface area contributed by atoms with Crippen molar-refractivity contribution < 1.29 is 24.6 Å². The largest absolute Gasteiger partial charge is 0.390 e. The van der Waals surface area contributed by atoms with Gasteiger partial charge in [-0.05, 0) is 44.8 Å². The van der Waals surface area contributed by atoms with Gasteiger partial charge >= 0.3 is 0 Å². The Hall–Kier alpha value is -3.81. The first kappa shape index (κ1) is 38.4. The third-order valence-corrected chi connectivity index (χ3v) is 8.73. The van der Waals surface area contributed by atoms with E-state index in [9.17, 15) is 24.6 Å². The molecule has 9 nitrogen and oxygen atoms in total. The fraction of sp³-hybridized carbons (Fsp3) is 0.595. The van der Waals surface area contributed by atoms with Gasteiger partial charge in [0.25, 0.3) is 0 Å². The van der Waals surface area contributed by atoms with Gasteiger partial charge in [-0.3, -0.25) is 14.4 Å². The third-order valence-electron chi connectivity index (χ3n) is 8.73. The van der Waals surface area contributed by atoms with Crippen LogP contribution < -0.4 is 10.6 Å². The zero-order chi connectivity index (χ0) is 34.1. The monoisotopic (exact) mass is 632 g/mol. The van der Waals surface area contributed by atoms with Gasteiger partial charge in [0, 0.05) is 33.0 Å². The SMILES string of the molecule is C#CCCC(O)C(O)C(CC1CCCCC1)NC(=O)C(NC(=O)C(CC(=O)N(C)CCN(C)C)Cc1ccccc1)C(C#C)C#C. The molecule has 1 aromatic carbocycles. The Labute approximate surface area is 275 Å². The van der Waals surface area contributed by atoms with Crippen LogP contribution in [0.1, 0.15) is 63.4 Å². The zero-order valence-corrected chi connectivity index (χ0v) is 27.7. The van der Waals surface area contributed by atoms with Crippen LogP contribution in [0.5, 0.6) is 0 Å². The summed E-state index contributed by atoms with van der Waals surface area (Å²) in [5.41, 5.74) is 0.856. The lowest BCUT2D eigenvalue weighted by molar-refractivity contribution is -0.137. The Balaban J connectivity index is 2.32. The summed E-state index contributed by atoms with van der Waals surface area (Å²) >= 11 is 0. The van der Waals surface area contributed by atoms with Gasteiger partial charge < -0.3 is 30.6 Å². The predicted molar refractivity (Wildman–Crippen MR) is 181 cm³/mol. The summed E-state index contributed by atoms with van der Waals surface area (Å²) in [5.74, 6) is 4.25. The van der Waals surface area contributed by atoms with Crippen molar-refractivity contribution in [1.82, 2.24) is 20.4 Å². The lowest BCUT2D eigenvalue weighted by atomic mass is 9.82. The highest BCUT2D eigenvalue weighted by Gasteiger charge is 2.36. The van der Waals surface area contributed by atoms with E-state index in [1.54, 1.807) is 11.9 Å². The minimum absolute atomic E-state index is 0.0832. The number of nitrogens with one attached hydrogen (secondary N) is 2. The van der Waals surface area contributed by atoms with Crippen molar-refractivity contribution in [3.8, 4) is 37.0 Å². The number of aliphatic hydroxyl groups is 2. The maximum absolute atomic E-state index is 13.9. The van der Waals surface area contributed by atoms with Gasteiger partial charge in [-0.25, -0.2) is 0 Å². The Kier molecular flexibility index (Phi) is 17.0. The van der Waals surface area contributed by atoms with E-state index in [0.717, 1.165) is 37.7 Å². The minimum atomic E-state index is -1.33. The molecule has 1 aliphatic rings. The number of amides is 3. The molecule has 1 fully saturated rings. The molecule has 1 aromatic rings. The molecule has 0 bridgehead atoms. The summed E-state index contributed by atoms with van der Waals surface area (Å²) in [4.78, 5) is 44.5. The van der Waals surface area contributed by atoms with Crippen molar-refractivity contribution >= 4 is 17.7 Å². The van der Waals surface area contributed by atoms with Gasteiger partial charge in [-0.2, -0.15) is 0 Å².